The predicted molar refractivity (Wildman–Crippen MR) is 66.9 cm³/mol. The van der Waals surface area contributed by atoms with Crippen LogP contribution < -0.4 is 0 Å². The molecule has 0 aromatic heterocycles. The van der Waals surface area contributed by atoms with Crippen molar-refractivity contribution in [2.75, 3.05) is 32.2 Å². The van der Waals surface area contributed by atoms with Gasteiger partial charge in [0, 0.05) is 25.0 Å². The van der Waals surface area contributed by atoms with E-state index in [0.717, 1.165) is 32.7 Å². The van der Waals surface area contributed by atoms with Crippen molar-refractivity contribution in [3.63, 3.8) is 0 Å². The van der Waals surface area contributed by atoms with Crippen LogP contribution in [0, 0.1) is 0 Å². The van der Waals surface area contributed by atoms with E-state index in [1.54, 1.807) is 0 Å². The Morgan fingerprint density at radius 3 is 2.50 bits per heavy atom. The summed E-state index contributed by atoms with van der Waals surface area (Å²) >= 11 is 5.91. The maximum atomic E-state index is 5.91. The third kappa shape index (κ3) is 2.97. The van der Waals surface area contributed by atoms with Crippen molar-refractivity contribution in [3.05, 3.63) is 35.9 Å². The van der Waals surface area contributed by atoms with Crippen molar-refractivity contribution in [2.24, 2.45) is 0 Å². The maximum Gasteiger partial charge on any atom is 0.0594 e. The van der Waals surface area contributed by atoms with Gasteiger partial charge in [0.2, 0.25) is 0 Å². The zero-order chi connectivity index (χ0) is 11.2. The second-order valence-corrected chi connectivity index (χ2v) is 4.43. The van der Waals surface area contributed by atoms with Gasteiger partial charge in [0.15, 0.2) is 0 Å². The first kappa shape index (κ1) is 11.9. The van der Waals surface area contributed by atoms with E-state index in [1.807, 2.05) is 0 Å². The molecule has 0 spiro atoms. The van der Waals surface area contributed by atoms with Gasteiger partial charge in [-0.3, -0.25) is 4.90 Å². The Labute approximate surface area is 102 Å². The fourth-order valence-electron chi connectivity index (χ4n) is 2.23. The topological polar surface area (TPSA) is 12.5 Å². The van der Waals surface area contributed by atoms with Crippen LogP contribution in [-0.4, -0.2) is 37.1 Å². The van der Waals surface area contributed by atoms with Crippen LogP contribution in [0.25, 0.3) is 0 Å². The van der Waals surface area contributed by atoms with Crippen LogP contribution in [0.2, 0.25) is 0 Å². The molecule has 0 saturated carbocycles. The summed E-state index contributed by atoms with van der Waals surface area (Å²) in [6, 6.07) is 11.1. The van der Waals surface area contributed by atoms with Gasteiger partial charge in [0.1, 0.15) is 0 Å². The minimum absolute atomic E-state index is 0.447. The Kier molecular flexibility index (Phi) is 4.64. The molecule has 0 bridgehead atoms. The van der Waals surface area contributed by atoms with Crippen molar-refractivity contribution < 1.29 is 4.74 Å². The molecule has 1 saturated heterocycles. The van der Waals surface area contributed by atoms with E-state index in [0.29, 0.717) is 11.9 Å². The van der Waals surface area contributed by atoms with Crippen molar-refractivity contribution in [2.45, 2.75) is 12.5 Å². The van der Waals surface area contributed by atoms with E-state index in [4.69, 9.17) is 16.3 Å². The van der Waals surface area contributed by atoms with Gasteiger partial charge in [-0.15, -0.1) is 11.6 Å². The average molecular weight is 240 g/mol. The molecule has 1 aromatic rings. The van der Waals surface area contributed by atoms with Gasteiger partial charge in [0.25, 0.3) is 0 Å². The quantitative estimate of drug-likeness (QED) is 0.750. The highest BCUT2D eigenvalue weighted by Crippen LogP contribution is 2.25. The largest absolute Gasteiger partial charge is 0.379 e. The first-order valence-electron chi connectivity index (χ1n) is 5.84. The molecule has 2 rings (SSSR count). The summed E-state index contributed by atoms with van der Waals surface area (Å²) in [6.45, 7) is 3.70. The summed E-state index contributed by atoms with van der Waals surface area (Å²) in [5.41, 5.74) is 1.37. The molecule has 0 radical (unpaired) electrons. The Bertz CT molecular complexity index is 298. The summed E-state index contributed by atoms with van der Waals surface area (Å²) in [5, 5.41) is 0. The number of hydrogen-bond donors (Lipinski definition) is 0. The molecule has 0 amide bonds. The molecular weight excluding hydrogens is 222 g/mol. The van der Waals surface area contributed by atoms with E-state index in [-0.39, 0.29) is 0 Å². The van der Waals surface area contributed by atoms with Crippen molar-refractivity contribution >= 4 is 11.6 Å². The molecule has 2 nitrogen and oxygen atoms in total. The second-order valence-electron chi connectivity index (χ2n) is 4.05. The minimum atomic E-state index is 0.447. The molecule has 1 unspecified atom stereocenters. The van der Waals surface area contributed by atoms with Gasteiger partial charge in [-0.05, 0) is 12.0 Å². The van der Waals surface area contributed by atoms with Crippen LogP contribution in [0.4, 0.5) is 0 Å². The SMILES string of the molecule is ClCCC(c1ccccc1)N1CCOCC1. The molecule has 3 heteroatoms. The number of rotatable bonds is 4. The number of nitrogens with zero attached hydrogens (tertiary/aromatic N) is 1. The predicted octanol–water partition coefficient (Wildman–Crippen LogP) is 2.69. The van der Waals surface area contributed by atoms with E-state index >= 15 is 0 Å². The van der Waals surface area contributed by atoms with Gasteiger partial charge in [0.05, 0.1) is 13.2 Å². The molecule has 1 atom stereocenters. The van der Waals surface area contributed by atoms with Crippen molar-refractivity contribution in [1.29, 1.82) is 0 Å². The van der Waals surface area contributed by atoms with Gasteiger partial charge < -0.3 is 4.74 Å². The number of hydrogen-bond acceptors (Lipinski definition) is 2. The van der Waals surface area contributed by atoms with Gasteiger partial charge in [-0.25, -0.2) is 0 Å². The number of halogens is 1. The van der Waals surface area contributed by atoms with Crippen molar-refractivity contribution in [1.82, 2.24) is 4.90 Å². The maximum absolute atomic E-state index is 5.91. The molecule has 1 heterocycles. The van der Waals surface area contributed by atoms with Crippen LogP contribution in [0.3, 0.4) is 0 Å². The summed E-state index contributed by atoms with van der Waals surface area (Å²) in [4.78, 5) is 2.47. The second kappa shape index (κ2) is 6.24. The zero-order valence-corrected chi connectivity index (χ0v) is 10.2. The van der Waals surface area contributed by atoms with Crippen LogP contribution >= 0.6 is 11.6 Å². The van der Waals surface area contributed by atoms with Crippen LogP contribution in [-0.2, 0) is 4.74 Å². The van der Waals surface area contributed by atoms with E-state index in [1.165, 1.54) is 5.56 Å². The fourth-order valence-corrected chi connectivity index (χ4v) is 2.43. The summed E-state index contributed by atoms with van der Waals surface area (Å²) in [7, 11) is 0. The lowest BCUT2D eigenvalue weighted by atomic mass is 10.0. The minimum Gasteiger partial charge on any atom is -0.379 e. The van der Waals surface area contributed by atoms with E-state index in [2.05, 4.69) is 35.2 Å². The molecule has 88 valence electrons. The molecule has 1 fully saturated rings. The molecule has 0 aliphatic carbocycles. The Hall–Kier alpha value is -0.570. The highest BCUT2D eigenvalue weighted by Gasteiger charge is 2.21. The van der Waals surface area contributed by atoms with E-state index in [9.17, 15) is 0 Å². The summed E-state index contributed by atoms with van der Waals surface area (Å²) in [6.07, 6.45) is 1.01. The number of alkyl halides is 1. The fraction of sp³-hybridized carbons (Fsp3) is 0.538. The standard InChI is InChI=1S/C13H18ClNO/c14-7-6-13(12-4-2-1-3-5-12)15-8-10-16-11-9-15/h1-5,13H,6-11H2. The molecule has 16 heavy (non-hydrogen) atoms. The van der Waals surface area contributed by atoms with Gasteiger partial charge in [-0.2, -0.15) is 0 Å². The lowest BCUT2D eigenvalue weighted by molar-refractivity contribution is 0.0154. The summed E-state index contributed by atoms with van der Waals surface area (Å²) in [5.74, 6) is 0.705. The Morgan fingerprint density at radius 2 is 1.88 bits per heavy atom. The summed E-state index contributed by atoms with van der Waals surface area (Å²) < 4.78 is 5.39. The molecule has 0 N–H and O–H groups in total. The lowest BCUT2D eigenvalue weighted by Gasteiger charge is -2.34. The van der Waals surface area contributed by atoms with Gasteiger partial charge >= 0.3 is 0 Å². The normalized spacial score (nSPS) is 19.6. The number of morpholine rings is 1. The molecule has 1 aromatic carbocycles. The number of benzene rings is 1. The third-order valence-electron chi connectivity index (χ3n) is 3.05. The van der Waals surface area contributed by atoms with Crippen LogP contribution in [0.15, 0.2) is 30.3 Å². The molecular formula is C13H18ClNO. The Balaban J connectivity index is 2.09. The number of ether oxygens (including phenoxy) is 1. The zero-order valence-electron chi connectivity index (χ0n) is 9.44. The monoisotopic (exact) mass is 239 g/mol. The highest BCUT2D eigenvalue weighted by molar-refractivity contribution is 6.17. The first-order valence-corrected chi connectivity index (χ1v) is 6.38. The molecule has 1 aliphatic rings. The van der Waals surface area contributed by atoms with Crippen LogP contribution in [0.5, 0.6) is 0 Å². The molecule has 1 aliphatic heterocycles. The lowest BCUT2D eigenvalue weighted by Crippen LogP contribution is -2.39. The highest BCUT2D eigenvalue weighted by atomic mass is 35.5. The van der Waals surface area contributed by atoms with Crippen LogP contribution in [0.1, 0.15) is 18.0 Å². The average Bonchev–Trinajstić information content (AvgIpc) is 2.38. The Morgan fingerprint density at radius 1 is 1.19 bits per heavy atom. The van der Waals surface area contributed by atoms with Crippen molar-refractivity contribution in [3.8, 4) is 0 Å². The smallest absolute Gasteiger partial charge is 0.0594 e. The third-order valence-corrected chi connectivity index (χ3v) is 3.27. The van der Waals surface area contributed by atoms with E-state index < -0.39 is 0 Å². The van der Waals surface area contributed by atoms with Gasteiger partial charge in [-0.1, -0.05) is 30.3 Å². The first-order chi connectivity index (χ1) is 7.92.